The van der Waals surface area contributed by atoms with Crippen LogP contribution in [0.15, 0.2) is 42.5 Å². The summed E-state index contributed by atoms with van der Waals surface area (Å²) in [5.41, 5.74) is 3.75. The highest BCUT2D eigenvalue weighted by Crippen LogP contribution is 2.24. The SMILES string of the molecule is CC(C)c1ccc(C(=O)Nc2ccc3c(c2)CNCCO3)cc1.Cl. The summed E-state index contributed by atoms with van der Waals surface area (Å²) in [4.78, 5) is 12.4. The monoisotopic (exact) mass is 346 g/mol. The summed E-state index contributed by atoms with van der Waals surface area (Å²) in [6, 6.07) is 13.5. The highest BCUT2D eigenvalue weighted by atomic mass is 35.5. The summed E-state index contributed by atoms with van der Waals surface area (Å²) in [6.07, 6.45) is 0. The van der Waals surface area contributed by atoms with Crippen molar-refractivity contribution in [3.8, 4) is 5.75 Å². The van der Waals surface area contributed by atoms with Crippen molar-refractivity contribution in [2.45, 2.75) is 26.3 Å². The molecule has 1 heterocycles. The summed E-state index contributed by atoms with van der Waals surface area (Å²) in [5, 5.41) is 6.25. The number of carbonyl (C=O) groups is 1. The fourth-order valence-corrected chi connectivity index (χ4v) is 2.62. The Bertz CT molecular complexity index is 699. The largest absolute Gasteiger partial charge is 0.492 e. The van der Waals surface area contributed by atoms with E-state index in [-0.39, 0.29) is 18.3 Å². The molecule has 4 nitrogen and oxygen atoms in total. The second-order valence-electron chi connectivity index (χ2n) is 6.08. The standard InChI is InChI=1S/C19H22N2O2.ClH/c1-13(2)14-3-5-15(6-4-14)19(22)21-17-7-8-18-16(11-17)12-20-9-10-23-18;/h3-8,11,13,20H,9-10,12H2,1-2H3,(H,21,22);1H. The molecule has 0 atom stereocenters. The zero-order chi connectivity index (χ0) is 16.2. The Kier molecular flexibility index (Phi) is 6.23. The fraction of sp³-hybridized carbons (Fsp3) is 0.316. The third kappa shape index (κ3) is 4.28. The predicted molar refractivity (Wildman–Crippen MR) is 99.4 cm³/mol. The number of carbonyl (C=O) groups excluding carboxylic acids is 1. The molecular formula is C19H23ClN2O2. The second-order valence-corrected chi connectivity index (χ2v) is 6.08. The number of fused-ring (bicyclic) bond motifs is 1. The highest BCUT2D eigenvalue weighted by Gasteiger charge is 2.11. The number of halogens is 1. The van der Waals surface area contributed by atoms with E-state index in [1.807, 2.05) is 42.5 Å². The first-order valence-corrected chi connectivity index (χ1v) is 8.01. The molecule has 0 fully saturated rings. The minimum Gasteiger partial charge on any atom is -0.492 e. The first-order valence-electron chi connectivity index (χ1n) is 8.01. The van der Waals surface area contributed by atoms with Gasteiger partial charge in [0.15, 0.2) is 0 Å². The summed E-state index contributed by atoms with van der Waals surface area (Å²) in [6.45, 7) is 6.53. The fourth-order valence-electron chi connectivity index (χ4n) is 2.62. The summed E-state index contributed by atoms with van der Waals surface area (Å²) in [7, 11) is 0. The van der Waals surface area contributed by atoms with Gasteiger partial charge in [0.05, 0.1) is 0 Å². The molecule has 2 N–H and O–H groups in total. The minimum absolute atomic E-state index is 0. The van der Waals surface area contributed by atoms with Crippen molar-refractivity contribution in [1.29, 1.82) is 0 Å². The van der Waals surface area contributed by atoms with Crippen molar-refractivity contribution < 1.29 is 9.53 Å². The Balaban J connectivity index is 0.00000208. The van der Waals surface area contributed by atoms with Crippen LogP contribution in [-0.2, 0) is 6.54 Å². The van der Waals surface area contributed by atoms with Gasteiger partial charge >= 0.3 is 0 Å². The van der Waals surface area contributed by atoms with Gasteiger partial charge in [0.25, 0.3) is 5.91 Å². The molecule has 3 rings (SSSR count). The molecule has 0 spiro atoms. The van der Waals surface area contributed by atoms with E-state index in [1.54, 1.807) is 0 Å². The quantitative estimate of drug-likeness (QED) is 0.884. The van der Waals surface area contributed by atoms with E-state index in [0.717, 1.165) is 30.1 Å². The molecule has 24 heavy (non-hydrogen) atoms. The Morgan fingerprint density at radius 2 is 1.92 bits per heavy atom. The lowest BCUT2D eigenvalue weighted by molar-refractivity contribution is 0.102. The van der Waals surface area contributed by atoms with E-state index < -0.39 is 0 Å². The second kappa shape index (κ2) is 8.18. The van der Waals surface area contributed by atoms with Crippen molar-refractivity contribution in [2.24, 2.45) is 0 Å². The summed E-state index contributed by atoms with van der Waals surface area (Å²) < 4.78 is 5.65. The van der Waals surface area contributed by atoms with E-state index in [9.17, 15) is 4.79 Å². The first kappa shape index (κ1) is 18.3. The van der Waals surface area contributed by atoms with E-state index in [0.29, 0.717) is 18.1 Å². The van der Waals surface area contributed by atoms with E-state index in [2.05, 4.69) is 24.5 Å². The summed E-state index contributed by atoms with van der Waals surface area (Å²) >= 11 is 0. The molecule has 2 aromatic carbocycles. The Hall–Kier alpha value is -2.04. The topological polar surface area (TPSA) is 50.4 Å². The van der Waals surface area contributed by atoms with Crippen molar-refractivity contribution in [3.63, 3.8) is 0 Å². The summed E-state index contributed by atoms with van der Waals surface area (Å²) in [5.74, 6) is 1.25. The van der Waals surface area contributed by atoms with Gasteiger partial charge in [-0.3, -0.25) is 4.79 Å². The van der Waals surface area contributed by atoms with Crippen LogP contribution >= 0.6 is 12.4 Å². The van der Waals surface area contributed by atoms with Crippen molar-refractivity contribution in [3.05, 3.63) is 59.2 Å². The zero-order valence-corrected chi connectivity index (χ0v) is 14.8. The van der Waals surface area contributed by atoms with Crippen molar-refractivity contribution >= 4 is 24.0 Å². The highest BCUT2D eigenvalue weighted by molar-refractivity contribution is 6.04. The molecule has 1 aliphatic rings. The van der Waals surface area contributed by atoms with Crippen molar-refractivity contribution in [2.75, 3.05) is 18.5 Å². The average Bonchev–Trinajstić information content (AvgIpc) is 2.79. The average molecular weight is 347 g/mol. The molecule has 1 aliphatic heterocycles. The lowest BCUT2D eigenvalue weighted by atomic mass is 10.0. The number of benzene rings is 2. The molecule has 1 amide bonds. The van der Waals surface area contributed by atoms with Gasteiger partial charge in [-0.1, -0.05) is 26.0 Å². The molecule has 0 aromatic heterocycles. The van der Waals surface area contributed by atoms with Crippen LogP contribution in [0.4, 0.5) is 5.69 Å². The molecule has 5 heteroatoms. The van der Waals surface area contributed by atoms with Crippen LogP contribution in [0.5, 0.6) is 5.75 Å². The molecule has 0 saturated heterocycles. The number of ether oxygens (including phenoxy) is 1. The zero-order valence-electron chi connectivity index (χ0n) is 14.0. The number of rotatable bonds is 3. The smallest absolute Gasteiger partial charge is 0.255 e. The minimum atomic E-state index is -0.0947. The third-order valence-electron chi connectivity index (χ3n) is 4.01. The molecule has 0 unspecified atom stereocenters. The molecule has 0 aliphatic carbocycles. The van der Waals surface area contributed by atoms with Crippen LogP contribution in [0.1, 0.15) is 41.3 Å². The normalized spacial score (nSPS) is 13.3. The molecular weight excluding hydrogens is 324 g/mol. The molecule has 128 valence electrons. The number of anilines is 1. The van der Waals surface area contributed by atoms with Gasteiger partial charge < -0.3 is 15.4 Å². The first-order chi connectivity index (χ1) is 11.1. The van der Waals surface area contributed by atoms with Gasteiger partial charge in [0, 0.05) is 29.9 Å². The van der Waals surface area contributed by atoms with Crippen LogP contribution in [-0.4, -0.2) is 19.1 Å². The van der Waals surface area contributed by atoms with E-state index >= 15 is 0 Å². The lowest BCUT2D eigenvalue weighted by Gasteiger charge is -2.11. The van der Waals surface area contributed by atoms with Crippen LogP contribution < -0.4 is 15.4 Å². The van der Waals surface area contributed by atoms with Gasteiger partial charge in [0.1, 0.15) is 12.4 Å². The molecule has 0 saturated carbocycles. The van der Waals surface area contributed by atoms with Crippen molar-refractivity contribution in [1.82, 2.24) is 5.32 Å². The maximum absolute atomic E-state index is 12.4. The van der Waals surface area contributed by atoms with Gasteiger partial charge in [-0.15, -0.1) is 12.4 Å². The Labute approximate surface area is 149 Å². The third-order valence-corrected chi connectivity index (χ3v) is 4.01. The van der Waals surface area contributed by atoms with Crippen LogP contribution in [0.3, 0.4) is 0 Å². The van der Waals surface area contributed by atoms with Crippen LogP contribution in [0, 0.1) is 0 Å². The lowest BCUT2D eigenvalue weighted by Crippen LogP contribution is -2.16. The van der Waals surface area contributed by atoms with Crippen LogP contribution in [0.2, 0.25) is 0 Å². The number of nitrogens with one attached hydrogen (secondary N) is 2. The maximum Gasteiger partial charge on any atom is 0.255 e. The molecule has 0 bridgehead atoms. The maximum atomic E-state index is 12.4. The molecule has 0 radical (unpaired) electrons. The number of hydrogen-bond donors (Lipinski definition) is 2. The number of amides is 1. The van der Waals surface area contributed by atoms with Gasteiger partial charge in [-0.05, 0) is 41.8 Å². The number of hydrogen-bond acceptors (Lipinski definition) is 3. The van der Waals surface area contributed by atoms with Crippen LogP contribution in [0.25, 0.3) is 0 Å². The van der Waals surface area contributed by atoms with Gasteiger partial charge in [-0.25, -0.2) is 0 Å². The van der Waals surface area contributed by atoms with E-state index in [1.165, 1.54) is 5.56 Å². The van der Waals surface area contributed by atoms with Gasteiger partial charge in [-0.2, -0.15) is 0 Å². The Morgan fingerprint density at radius 3 is 2.62 bits per heavy atom. The Morgan fingerprint density at radius 1 is 1.17 bits per heavy atom. The van der Waals surface area contributed by atoms with E-state index in [4.69, 9.17) is 4.74 Å². The predicted octanol–water partition coefficient (Wildman–Crippen LogP) is 3.97. The molecule has 2 aromatic rings. The van der Waals surface area contributed by atoms with Gasteiger partial charge in [0.2, 0.25) is 0 Å².